The van der Waals surface area contributed by atoms with E-state index in [2.05, 4.69) is 24.1 Å². The number of nitrogens with zero attached hydrogens (tertiary/aromatic N) is 1. The molecule has 3 heteroatoms. The van der Waals surface area contributed by atoms with Crippen LogP contribution >= 0.6 is 0 Å². The number of nitrogens with one attached hydrogen (secondary N) is 2. The third-order valence-electron chi connectivity index (χ3n) is 3.15. The summed E-state index contributed by atoms with van der Waals surface area (Å²) in [6.07, 6.45) is 5.17. The van der Waals surface area contributed by atoms with E-state index in [9.17, 15) is 0 Å². The molecule has 0 saturated heterocycles. The minimum absolute atomic E-state index is 0.223. The van der Waals surface area contributed by atoms with Crippen molar-refractivity contribution in [3.8, 4) is 0 Å². The van der Waals surface area contributed by atoms with Crippen LogP contribution in [0.3, 0.4) is 0 Å². The van der Waals surface area contributed by atoms with Crippen molar-refractivity contribution in [2.24, 2.45) is 5.92 Å². The Balaban J connectivity index is 2.91. The Morgan fingerprint density at radius 3 is 2.67 bits per heavy atom. The van der Waals surface area contributed by atoms with Crippen molar-refractivity contribution in [3.63, 3.8) is 0 Å². The van der Waals surface area contributed by atoms with E-state index in [1.807, 2.05) is 26.0 Å². The molecule has 0 bridgehead atoms. The van der Waals surface area contributed by atoms with Gasteiger partial charge in [-0.1, -0.05) is 34.1 Å². The molecule has 0 aliphatic heterocycles. The van der Waals surface area contributed by atoms with Gasteiger partial charge in [0.2, 0.25) is 0 Å². The Bertz CT molecular complexity index is 385. The highest BCUT2D eigenvalue weighted by atomic mass is 15.0. The van der Waals surface area contributed by atoms with Gasteiger partial charge in [-0.05, 0) is 30.9 Å². The number of rotatable bonds is 7. The molecule has 3 nitrogen and oxygen atoms in total. The molecular weight excluding hydrogens is 222 g/mol. The summed E-state index contributed by atoms with van der Waals surface area (Å²) in [5.74, 6) is 1.08. The van der Waals surface area contributed by atoms with Crippen LogP contribution in [0.2, 0.25) is 0 Å². The van der Waals surface area contributed by atoms with Crippen LogP contribution in [-0.2, 0) is 0 Å². The summed E-state index contributed by atoms with van der Waals surface area (Å²) in [6, 6.07) is 4.33. The molecule has 2 N–H and O–H groups in total. The van der Waals surface area contributed by atoms with Crippen molar-refractivity contribution in [2.75, 3.05) is 5.32 Å². The highest BCUT2D eigenvalue weighted by Crippen LogP contribution is 2.19. The summed E-state index contributed by atoms with van der Waals surface area (Å²) in [4.78, 5) is 4.40. The van der Waals surface area contributed by atoms with Crippen LogP contribution in [0, 0.1) is 11.3 Å². The zero-order valence-corrected chi connectivity index (χ0v) is 12.0. The van der Waals surface area contributed by atoms with E-state index in [1.165, 1.54) is 0 Å². The second kappa shape index (κ2) is 7.14. The van der Waals surface area contributed by atoms with Crippen LogP contribution in [0.4, 0.5) is 5.82 Å². The van der Waals surface area contributed by atoms with Gasteiger partial charge < -0.3 is 10.7 Å². The zero-order valence-electron chi connectivity index (χ0n) is 12.0. The van der Waals surface area contributed by atoms with Crippen LogP contribution in [0.25, 0.3) is 0 Å². The molecule has 1 atom stereocenters. The zero-order chi connectivity index (χ0) is 13.5. The quantitative estimate of drug-likeness (QED) is 0.713. The molecular formula is C15H25N3. The molecule has 0 radical (unpaired) electrons. The molecule has 1 aromatic rings. The number of pyridine rings is 1. The van der Waals surface area contributed by atoms with Crippen molar-refractivity contribution in [2.45, 2.75) is 53.0 Å². The number of anilines is 1. The lowest BCUT2D eigenvalue weighted by Gasteiger charge is -2.20. The second-order valence-corrected chi connectivity index (χ2v) is 5.01. The lowest BCUT2D eigenvalue weighted by molar-refractivity contribution is 0.620. The van der Waals surface area contributed by atoms with Gasteiger partial charge in [-0.25, -0.2) is 4.98 Å². The molecule has 100 valence electrons. The highest BCUT2D eigenvalue weighted by Gasteiger charge is 2.14. The van der Waals surface area contributed by atoms with Crippen molar-refractivity contribution >= 4 is 11.5 Å². The molecule has 1 heterocycles. The lowest BCUT2D eigenvalue weighted by atomic mass is 10.00. The fraction of sp³-hybridized carbons (Fsp3) is 0.600. The van der Waals surface area contributed by atoms with E-state index in [1.54, 1.807) is 6.20 Å². The fourth-order valence-corrected chi connectivity index (χ4v) is 1.97. The van der Waals surface area contributed by atoms with Crippen LogP contribution in [0.1, 0.15) is 52.5 Å². The summed E-state index contributed by atoms with van der Waals surface area (Å²) in [7, 11) is 0. The SMILES string of the molecule is CCCC(CC)Nc1ncccc1C(=N)C(C)C. The predicted octanol–water partition coefficient (Wildman–Crippen LogP) is 4.10. The molecule has 0 amide bonds. The van der Waals surface area contributed by atoms with Gasteiger partial charge in [0.25, 0.3) is 0 Å². The smallest absolute Gasteiger partial charge is 0.135 e. The Labute approximate surface area is 111 Å². The predicted molar refractivity (Wildman–Crippen MR) is 78.5 cm³/mol. The monoisotopic (exact) mass is 247 g/mol. The molecule has 0 spiro atoms. The minimum Gasteiger partial charge on any atom is -0.367 e. The van der Waals surface area contributed by atoms with E-state index in [0.717, 1.165) is 30.6 Å². The van der Waals surface area contributed by atoms with Crippen LogP contribution in [0.5, 0.6) is 0 Å². The topological polar surface area (TPSA) is 48.8 Å². The normalized spacial score (nSPS) is 12.5. The van der Waals surface area contributed by atoms with E-state index in [-0.39, 0.29) is 5.92 Å². The van der Waals surface area contributed by atoms with Gasteiger partial charge in [-0.2, -0.15) is 0 Å². The number of aromatic nitrogens is 1. The molecule has 1 unspecified atom stereocenters. The van der Waals surface area contributed by atoms with Crippen molar-refractivity contribution < 1.29 is 0 Å². The van der Waals surface area contributed by atoms with Crippen molar-refractivity contribution in [1.82, 2.24) is 4.98 Å². The Morgan fingerprint density at radius 1 is 1.39 bits per heavy atom. The fourth-order valence-electron chi connectivity index (χ4n) is 1.97. The first kappa shape index (κ1) is 14.7. The molecule has 1 rings (SSSR count). The third-order valence-corrected chi connectivity index (χ3v) is 3.15. The lowest BCUT2D eigenvalue weighted by Crippen LogP contribution is -2.21. The third kappa shape index (κ3) is 3.83. The Hall–Kier alpha value is -1.38. The summed E-state index contributed by atoms with van der Waals surface area (Å²) < 4.78 is 0. The van der Waals surface area contributed by atoms with E-state index in [0.29, 0.717) is 11.8 Å². The van der Waals surface area contributed by atoms with E-state index < -0.39 is 0 Å². The highest BCUT2D eigenvalue weighted by molar-refractivity contribution is 6.03. The Morgan fingerprint density at radius 2 is 2.11 bits per heavy atom. The van der Waals surface area contributed by atoms with Crippen LogP contribution < -0.4 is 5.32 Å². The minimum atomic E-state index is 0.223. The van der Waals surface area contributed by atoms with Gasteiger partial charge in [-0.3, -0.25) is 0 Å². The summed E-state index contributed by atoms with van der Waals surface area (Å²) in [5.41, 5.74) is 1.58. The van der Waals surface area contributed by atoms with Gasteiger partial charge in [-0.15, -0.1) is 0 Å². The maximum Gasteiger partial charge on any atom is 0.135 e. The van der Waals surface area contributed by atoms with E-state index >= 15 is 0 Å². The Kier molecular flexibility index (Phi) is 5.83. The second-order valence-electron chi connectivity index (χ2n) is 5.01. The van der Waals surface area contributed by atoms with Crippen molar-refractivity contribution in [1.29, 1.82) is 5.41 Å². The maximum atomic E-state index is 8.15. The van der Waals surface area contributed by atoms with Crippen molar-refractivity contribution in [3.05, 3.63) is 23.9 Å². The summed E-state index contributed by atoms with van der Waals surface area (Å²) in [5, 5.41) is 11.6. The van der Waals surface area contributed by atoms with Crippen LogP contribution in [-0.4, -0.2) is 16.7 Å². The molecule has 18 heavy (non-hydrogen) atoms. The maximum absolute atomic E-state index is 8.15. The summed E-state index contributed by atoms with van der Waals surface area (Å²) >= 11 is 0. The van der Waals surface area contributed by atoms with Gasteiger partial charge in [0.1, 0.15) is 5.82 Å². The molecule has 0 aliphatic rings. The first-order valence-electron chi connectivity index (χ1n) is 6.90. The molecule has 0 fully saturated rings. The first-order chi connectivity index (χ1) is 8.60. The van der Waals surface area contributed by atoms with Crippen LogP contribution in [0.15, 0.2) is 18.3 Å². The standard InChI is InChI=1S/C15H25N3/c1-5-8-12(6-2)18-15-13(9-7-10-17-15)14(16)11(3)4/h7,9-12,16H,5-6,8H2,1-4H3,(H,17,18). The van der Waals surface area contributed by atoms with Gasteiger partial charge in [0.15, 0.2) is 0 Å². The van der Waals surface area contributed by atoms with Gasteiger partial charge in [0.05, 0.1) is 0 Å². The van der Waals surface area contributed by atoms with E-state index in [4.69, 9.17) is 5.41 Å². The molecule has 0 aliphatic carbocycles. The number of hydrogen-bond acceptors (Lipinski definition) is 3. The average molecular weight is 247 g/mol. The molecule has 1 aromatic heterocycles. The molecule has 0 aromatic carbocycles. The first-order valence-corrected chi connectivity index (χ1v) is 6.90. The number of hydrogen-bond donors (Lipinski definition) is 2. The average Bonchev–Trinajstić information content (AvgIpc) is 2.37. The largest absolute Gasteiger partial charge is 0.367 e. The summed E-state index contributed by atoms with van der Waals surface area (Å²) in [6.45, 7) is 8.47. The molecule has 0 saturated carbocycles. The van der Waals surface area contributed by atoms with Gasteiger partial charge >= 0.3 is 0 Å². The van der Waals surface area contributed by atoms with Gasteiger partial charge in [0, 0.05) is 23.5 Å².